The third kappa shape index (κ3) is 4.85. The number of carboxylic acid groups (broad SMARTS) is 1. The second-order valence-electron chi connectivity index (χ2n) is 9.35. The fourth-order valence-corrected chi connectivity index (χ4v) is 6.00. The van der Waals surface area contributed by atoms with Crippen molar-refractivity contribution in [3.05, 3.63) is 41.3 Å². The van der Waals surface area contributed by atoms with Crippen LogP contribution in [0.15, 0.2) is 36.4 Å². The van der Waals surface area contributed by atoms with Gasteiger partial charge in [0, 0.05) is 29.7 Å². The van der Waals surface area contributed by atoms with E-state index in [0.29, 0.717) is 11.6 Å². The summed E-state index contributed by atoms with van der Waals surface area (Å²) in [5.41, 5.74) is 1.59. The quantitative estimate of drug-likeness (QED) is 0.739. The Kier molecular flexibility index (Phi) is 6.77. The number of nitrogens with one attached hydrogen (secondary N) is 1. The van der Waals surface area contributed by atoms with Crippen LogP contribution < -0.4 is 9.80 Å². The molecule has 5 nitrogen and oxygen atoms in total. The molecule has 1 aromatic carbocycles. The number of anilines is 1. The number of nitrogens with zero attached hydrogens (tertiary/aromatic N) is 1. The SMILES string of the molecule is CC1CCC(C(=O)N(c2cc(-c3ccccc3)sc2C(=O)O)C2CC[NH+](C)CC2)CC1. The summed E-state index contributed by atoms with van der Waals surface area (Å²) in [6.07, 6.45) is 5.80. The lowest BCUT2D eigenvalue weighted by Crippen LogP contribution is -3.10. The van der Waals surface area contributed by atoms with Crippen molar-refractivity contribution in [2.45, 2.75) is 51.5 Å². The average molecular weight is 442 g/mol. The van der Waals surface area contributed by atoms with E-state index in [-0.39, 0.29) is 22.7 Å². The molecule has 6 heteroatoms. The number of likely N-dealkylation sites (tertiary alicyclic amines) is 1. The molecule has 2 N–H and O–H groups in total. The van der Waals surface area contributed by atoms with Gasteiger partial charge >= 0.3 is 5.97 Å². The monoisotopic (exact) mass is 441 g/mol. The molecule has 0 atom stereocenters. The number of thiophene rings is 1. The summed E-state index contributed by atoms with van der Waals surface area (Å²) in [4.78, 5) is 30.6. The predicted molar refractivity (Wildman–Crippen MR) is 125 cm³/mol. The van der Waals surface area contributed by atoms with Crippen molar-refractivity contribution in [3.8, 4) is 10.4 Å². The number of piperidine rings is 1. The van der Waals surface area contributed by atoms with E-state index in [0.717, 1.165) is 62.1 Å². The first kappa shape index (κ1) is 22.0. The van der Waals surface area contributed by atoms with Crippen LogP contribution in [0.1, 0.15) is 55.1 Å². The second-order valence-corrected chi connectivity index (χ2v) is 10.4. The van der Waals surface area contributed by atoms with E-state index >= 15 is 0 Å². The molecule has 2 heterocycles. The number of benzene rings is 1. The first-order valence-corrected chi connectivity index (χ1v) is 12.3. The average Bonchev–Trinajstić information content (AvgIpc) is 3.22. The van der Waals surface area contributed by atoms with Crippen LogP contribution in [0.25, 0.3) is 10.4 Å². The van der Waals surface area contributed by atoms with Crippen LogP contribution in [0.5, 0.6) is 0 Å². The molecule has 31 heavy (non-hydrogen) atoms. The maximum absolute atomic E-state index is 13.8. The third-order valence-corrected chi connectivity index (χ3v) is 8.16. The fraction of sp³-hybridized carbons (Fsp3) is 0.520. The zero-order valence-electron chi connectivity index (χ0n) is 18.5. The van der Waals surface area contributed by atoms with Crippen molar-refractivity contribution in [3.63, 3.8) is 0 Å². The van der Waals surface area contributed by atoms with Gasteiger partial charge in [-0.25, -0.2) is 4.79 Å². The highest BCUT2D eigenvalue weighted by Gasteiger charge is 2.37. The van der Waals surface area contributed by atoms with E-state index in [2.05, 4.69) is 14.0 Å². The highest BCUT2D eigenvalue weighted by atomic mass is 32.1. The smallest absolute Gasteiger partial charge is 0.348 e. The molecule has 4 rings (SSSR count). The summed E-state index contributed by atoms with van der Waals surface area (Å²) >= 11 is 1.28. The minimum atomic E-state index is -0.948. The molecule has 1 amide bonds. The first-order valence-electron chi connectivity index (χ1n) is 11.5. The molecular weight excluding hydrogens is 408 g/mol. The lowest BCUT2D eigenvalue weighted by Gasteiger charge is -2.38. The Morgan fingerprint density at radius 2 is 1.68 bits per heavy atom. The van der Waals surface area contributed by atoms with Crippen molar-refractivity contribution in [1.29, 1.82) is 0 Å². The minimum absolute atomic E-state index is 0.00456. The van der Waals surface area contributed by atoms with E-state index in [9.17, 15) is 14.7 Å². The Labute approximate surface area is 188 Å². The normalized spacial score (nSPS) is 26.4. The predicted octanol–water partition coefficient (Wildman–Crippen LogP) is 3.95. The molecule has 1 aromatic heterocycles. The Morgan fingerprint density at radius 1 is 1.03 bits per heavy atom. The standard InChI is InChI=1S/C25H32N2O3S/c1-17-8-10-19(11-9-17)24(28)27(20-12-14-26(2)15-13-20)21-16-22(31-23(21)25(29)30)18-6-4-3-5-7-18/h3-7,16-17,19-20H,8-15H2,1-2H3,(H,29,30)/p+1. The molecule has 2 aliphatic rings. The molecule has 0 unspecified atom stereocenters. The maximum atomic E-state index is 13.8. The molecule has 2 aromatic rings. The van der Waals surface area contributed by atoms with Crippen molar-refractivity contribution in [1.82, 2.24) is 0 Å². The van der Waals surface area contributed by atoms with E-state index in [4.69, 9.17) is 0 Å². The fourth-order valence-electron chi connectivity index (χ4n) is 5.01. The molecule has 0 bridgehead atoms. The van der Waals surface area contributed by atoms with Gasteiger partial charge in [0.25, 0.3) is 0 Å². The van der Waals surface area contributed by atoms with Gasteiger partial charge in [0.1, 0.15) is 4.88 Å². The van der Waals surface area contributed by atoms with Crippen LogP contribution in [-0.4, -0.2) is 43.2 Å². The maximum Gasteiger partial charge on any atom is 0.348 e. The van der Waals surface area contributed by atoms with Crippen molar-refractivity contribution < 1.29 is 19.6 Å². The third-order valence-electron chi connectivity index (χ3n) is 7.00. The van der Waals surface area contributed by atoms with Crippen molar-refractivity contribution in [2.75, 3.05) is 25.0 Å². The zero-order valence-corrected chi connectivity index (χ0v) is 19.3. The van der Waals surface area contributed by atoms with Crippen LogP contribution in [-0.2, 0) is 4.79 Å². The van der Waals surface area contributed by atoms with Gasteiger partial charge in [-0.2, -0.15) is 0 Å². The number of rotatable bonds is 5. The van der Waals surface area contributed by atoms with E-state index < -0.39 is 5.97 Å². The van der Waals surface area contributed by atoms with Gasteiger partial charge in [0.15, 0.2) is 0 Å². The van der Waals surface area contributed by atoms with Gasteiger partial charge in [-0.15, -0.1) is 11.3 Å². The first-order chi connectivity index (χ1) is 14.9. The molecule has 166 valence electrons. The van der Waals surface area contributed by atoms with E-state index in [1.807, 2.05) is 41.3 Å². The number of carbonyl (C=O) groups is 2. The highest BCUT2D eigenvalue weighted by Crippen LogP contribution is 2.40. The Bertz CT molecular complexity index is 910. The largest absolute Gasteiger partial charge is 0.477 e. The van der Waals surface area contributed by atoms with Crippen LogP contribution >= 0.6 is 11.3 Å². The number of carboxylic acids is 1. The number of quaternary nitrogens is 1. The number of carbonyl (C=O) groups excluding carboxylic acids is 1. The molecule has 1 aliphatic carbocycles. The summed E-state index contributed by atoms with van der Waals surface area (Å²) in [6, 6.07) is 11.9. The summed E-state index contributed by atoms with van der Waals surface area (Å²) < 4.78 is 0. The van der Waals surface area contributed by atoms with Gasteiger partial charge in [0.05, 0.1) is 25.8 Å². The topological polar surface area (TPSA) is 62.0 Å². The summed E-state index contributed by atoms with van der Waals surface area (Å²) in [6.45, 7) is 4.27. The van der Waals surface area contributed by atoms with Gasteiger partial charge in [-0.1, -0.05) is 37.3 Å². The van der Waals surface area contributed by atoms with Gasteiger partial charge < -0.3 is 14.9 Å². The van der Waals surface area contributed by atoms with Crippen LogP contribution in [0.4, 0.5) is 5.69 Å². The van der Waals surface area contributed by atoms with Crippen LogP contribution in [0.2, 0.25) is 0 Å². The number of hydrogen-bond donors (Lipinski definition) is 2. The highest BCUT2D eigenvalue weighted by molar-refractivity contribution is 7.18. The number of hydrogen-bond acceptors (Lipinski definition) is 3. The molecular formula is C25H33N2O3S+. The molecule has 1 saturated carbocycles. The van der Waals surface area contributed by atoms with Crippen LogP contribution in [0.3, 0.4) is 0 Å². The number of amides is 1. The summed E-state index contributed by atoms with van der Waals surface area (Å²) in [5.74, 6) is -0.137. The minimum Gasteiger partial charge on any atom is -0.477 e. The Hall–Kier alpha value is -2.18. The molecule has 0 spiro atoms. The molecule has 0 radical (unpaired) electrons. The molecule has 1 aliphatic heterocycles. The lowest BCUT2D eigenvalue weighted by molar-refractivity contribution is -0.884. The van der Waals surface area contributed by atoms with Gasteiger partial charge in [-0.3, -0.25) is 4.79 Å². The summed E-state index contributed by atoms with van der Waals surface area (Å²) in [7, 11) is 2.19. The van der Waals surface area contributed by atoms with Crippen LogP contribution in [0, 0.1) is 11.8 Å². The van der Waals surface area contributed by atoms with E-state index in [1.54, 1.807) is 0 Å². The van der Waals surface area contributed by atoms with E-state index in [1.165, 1.54) is 16.2 Å². The van der Waals surface area contributed by atoms with Gasteiger partial charge in [-0.05, 0) is 43.2 Å². The number of aromatic carboxylic acids is 1. The van der Waals surface area contributed by atoms with Gasteiger partial charge in [0.2, 0.25) is 5.91 Å². The Balaban J connectivity index is 1.73. The summed E-state index contributed by atoms with van der Waals surface area (Å²) in [5, 5.41) is 10.0. The lowest BCUT2D eigenvalue weighted by atomic mass is 9.82. The Morgan fingerprint density at radius 3 is 2.29 bits per heavy atom. The molecule has 1 saturated heterocycles. The zero-order chi connectivity index (χ0) is 22.0. The second kappa shape index (κ2) is 9.53. The van der Waals surface area contributed by atoms with Crippen molar-refractivity contribution >= 4 is 28.9 Å². The van der Waals surface area contributed by atoms with Crippen molar-refractivity contribution in [2.24, 2.45) is 11.8 Å². The molecule has 2 fully saturated rings.